The van der Waals surface area contributed by atoms with Crippen LogP contribution in [-0.2, 0) is 4.79 Å². The molecule has 0 atom stereocenters. The zero-order valence-electron chi connectivity index (χ0n) is 9.38. The van der Waals surface area contributed by atoms with E-state index < -0.39 is 0 Å². The molecule has 90 valence electrons. The molecule has 18 heavy (non-hydrogen) atoms. The van der Waals surface area contributed by atoms with E-state index in [1.807, 2.05) is 6.07 Å². The average Bonchev–Trinajstić information content (AvgIpc) is 2.40. The summed E-state index contributed by atoms with van der Waals surface area (Å²) < 4.78 is 0. The molecule has 2 aromatic rings. The number of hydrogen-bond acceptors (Lipinski definition) is 3. The van der Waals surface area contributed by atoms with Gasteiger partial charge in [-0.15, -0.1) is 0 Å². The van der Waals surface area contributed by atoms with Crippen molar-refractivity contribution in [3.63, 3.8) is 0 Å². The smallest absolute Gasteiger partial charge is 0.249 e. The highest BCUT2D eigenvalue weighted by atomic mass is 35.5. The van der Waals surface area contributed by atoms with Crippen LogP contribution in [0.5, 0.6) is 0 Å². The van der Waals surface area contributed by atoms with Gasteiger partial charge in [0.15, 0.2) is 0 Å². The molecule has 1 amide bonds. The minimum atomic E-state index is -0.256. The summed E-state index contributed by atoms with van der Waals surface area (Å²) >= 11 is 5.69. The Balaban J connectivity index is 1.97. The summed E-state index contributed by atoms with van der Waals surface area (Å²) in [4.78, 5) is 19.5. The van der Waals surface area contributed by atoms with Crippen molar-refractivity contribution >= 4 is 29.4 Å². The van der Waals surface area contributed by atoms with E-state index in [1.54, 1.807) is 36.7 Å². The molecule has 1 N–H and O–H groups in total. The van der Waals surface area contributed by atoms with Gasteiger partial charge in [-0.25, -0.2) is 4.98 Å². The molecule has 0 bridgehead atoms. The van der Waals surface area contributed by atoms with Crippen molar-refractivity contribution in [2.45, 2.75) is 0 Å². The van der Waals surface area contributed by atoms with E-state index in [-0.39, 0.29) is 5.91 Å². The second kappa shape index (κ2) is 5.93. The van der Waals surface area contributed by atoms with Crippen molar-refractivity contribution in [1.29, 1.82) is 0 Å². The quantitative estimate of drug-likeness (QED) is 0.863. The van der Waals surface area contributed by atoms with Crippen LogP contribution < -0.4 is 5.32 Å². The van der Waals surface area contributed by atoms with Crippen molar-refractivity contribution in [3.8, 4) is 0 Å². The largest absolute Gasteiger partial charge is 0.307 e. The summed E-state index contributed by atoms with van der Waals surface area (Å²) in [6, 6.07) is 6.96. The summed E-state index contributed by atoms with van der Waals surface area (Å²) in [5.74, 6) is 0.203. The Kier molecular flexibility index (Phi) is 4.04. The van der Waals surface area contributed by atoms with E-state index in [0.29, 0.717) is 10.8 Å². The molecule has 0 aliphatic carbocycles. The van der Waals surface area contributed by atoms with Crippen molar-refractivity contribution in [3.05, 3.63) is 59.5 Å². The van der Waals surface area contributed by atoms with Crippen molar-refractivity contribution in [1.82, 2.24) is 9.97 Å². The molecule has 2 rings (SSSR count). The first kappa shape index (κ1) is 12.3. The van der Waals surface area contributed by atoms with Crippen molar-refractivity contribution in [2.75, 3.05) is 5.32 Å². The Labute approximate surface area is 109 Å². The lowest BCUT2D eigenvalue weighted by Gasteiger charge is -2.00. The van der Waals surface area contributed by atoms with Gasteiger partial charge >= 0.3 is 0 Å². The Hall–Kier alpha value is -2.20. The molecule has 2 aromatic heterocycles. The zero-order valence-corrected chi connectivity index (χ0v) is 10.1. The number of hydrogen-bond donors (Lipinski definition) is 1. The molecule has 5 heteroatoms. The van der Waals surface area contributed by atoms with Crippen LogP contribution in [0.1, 0.15) is 5.56 Å². The van der Waals surface area contributed by atoms with Gasteiger partial charge in [0.1, 0.15) is 5.82 Å². The number of anilines is 1. The second-order valence-corrected chi connectivity index (χ2v) is 3.91. The van der Waals surface area contributed by atoms with E-state index in [9.17, 15) is 4.79 Å². The number of pyridine rings is 2. The minimum absolute atomic E-state index is 0.256. The van der Waals surface area contributed by atoms with Crippen LogP contribution >= 0.6 is 11.6 Å². The fourth-order valence-electron chi connectivity index (χ4n) is 1.26. The Morgan fingerprint density at radius 2 is 2.17 bits per heavy atom. The molecule has 4 nitrogen and oxygen atoms in total. The second-order valence-electron chi connectivity index (χ2n) is 3.47. The van der Waals surface area contributed by atoms with Gasteiger partial charge in [-0.1, -0.05) is 17.7 Å². The molecule has 0 spiro atoms. The van der Waals surface area contributed by atoms with Gasteiger partial charge < -0.3 is 5.32 Å². The van der Waals surface area contributed by atoms with E-state index >= 15 is 0 Å². The Bertz CT molecular complexity index is 552. The summed E-state index contributed by atoms with van der Waals surface area (Å²) in [5.41, 5.74) is 0.858. The lowest BCUT2D eigenvalue weighted by molar-refractivity contribution is -0.111. The number of nitrogens with zero attached hydrogens (tertiary/aromatic N) is 2. The number of carbonyl (C=O) groups is 1. The summed E-state index contributed by atoms with van der Waals surface area (Å²) in [6.07, 6.45) is 7.92. The minimum Gasteiger partial charge on any atom is -0.307 e. The lowest BCUT2D eigenvalue weighted by atomic mass is 10.2. The van der Waals surface area contributed by atoms with Crippen LogP contribution in [-0.4, -0.2) is 15.9 Å². The standard InChI is InChI=1S/C13H10ClN3O/c14-11-4-5-12(16-9-11)17-13(18)6-3-10-2-1-7-15-8-10/h1-9H,(H,16,17,18)/b6-3+. The molecule has 0 saturated carbocycles. The van der Waals surface area contributed by atoms with Gasteiger partial charge in [0.05, 0.1) is 5.02 Å². The summed E-state index contributed by atoms with van der Waals surface area (Å²) in [5, 5.41) is 3.15. The van der Waals surface area contributed by atoms with Gasteiger partial charge in [-0.05, 0) is 29.8 Å². The highest BCUT2D eigenvalue weighted by molar-refractivity contribution is 6.30. The van der Waals surface area contributed by atoms with Crippen LogP contribution in [0.25, 0.3) is 6.08 Å². The molecular weight excluding hydrogens is 250 g/mol. The van der Waals surface area contributed by atoms with Crippen molar-refractivity contribution < 1.29 is 4.79 Å². The molecule has 0 aromatic carbocycles. The van der Waals surface area contributed by atoms with E-state index in [0.717, 1.165) is 5.56 Å². The third kappa shape index (κ3) is 3.68. The maximum Gasteiger partial charge on any atom is 0.249 e. The van der Waals surface area contributed by atoms with Crippen LogP contribution in [0, 0.1) is 0 Å². The molecular formula is C13H10ClN3O. The van der Waals surface area contributed by atoms with Gasteiger partial charge in [0.2, 0.25) is 5.91 Å². The maximum atomic E-state index is 11.6. The number of halogens is 1. The fourth-order valence-corrected chi connectivity index (χ4v) is 1.38. The van der Waals surface area contributed by atoms with Gasteiger partial charge in [-0.2, -0.15) is 0 Å². The molecule has 0 aliphatic heterocycles. The maximum absolute atomic E-state index is 11.6. The first-order valence-electron chi connectivity index (χ1n) is 5.25. The number of nitrogens with one attached hydrogen (secondary N) is 1. The number of rotatable bonds is 3. The lowest BCUT2D eigenvalue weighted by Crippen LogP contribution is -2.08. The number of aromatic nitrogens is 2. The zero-order chi connectivity index (χ0) is 12.8. The van der Waals surface area contributed by atoms with Crippen LogP contribution in [0.3, 0.4) is 0 Å². The number of amides is 1. The Morgan fingerprint density at radius 3 is 2.83 bits per heavy atom. The Morgan fingerprint density at radius 1 is 1.28 bits per heavy atom. The van der Waals surface area contributed by atoms with Gasteiger partial charge in [0.25, 0.3) is 0 Å². The van der Waals surface area contributed by atoms with Crippen LogP contribution in [0.4, 0.5) is 5.82 Å². The highest BCUT2D eigenvalue weighted by Crippen LogP contribution is 2.09. The molecule has 0 aliphatic rings. The van der Waals surface area contributed by atoms with Crippen molar-refractivity contribution in [2.24, 2.45) is 0 Å². The molecule has 0 saturated heterocycles. The topological polar surface area (TPSA) is 54.9 Å². The van der Waals surface area contributed by atoms with Crippen LogP contribution in [0.15, 0.2) is 48.9 Å². The SMILES string of the molecule is O=C(/C=C/c1cccnc1)Nc1ccc(Cl)cn1. The first-order chi connectivity index (χ1) is 8.74. The predicted octanol–water partition coefficient (Wildman–Crippen LogP) is 2.78. The summed E-state index contributed by atoms with van der Waals surface area (Å²) in [6.45, 7) is 0. The van der Waals surface area contributed by atoms with E-state index in [1.165, 1.54) is 12.3 Å². The van der Waals surface area contributed by atoms with E-state index in [4.69, 9.17) is 11.6 Å². The highest BCUT2D eigenvalue weighted by Gasteiger charge is 1.98. The molecule has 0 fully saturated rings. The van der Waals surface area contributed by atoms with Crippen LogP contribution in [0.2, 0.25) is 5.02 Å². The van der Waals surface area contributed by atoms with Gasteiger partial charge in [-0.3, -0.25) is 9.78 Å². The normalized spacial score (nSPS) is 10.5. The van der Waals surface area contributed by atoms with E-state index in [2.05, 4.69) is 15.3 Å². The third-order valence-electron chi connectivity index (χ3n) is 2.09. The number of carbonyl (C=O) groups excluding carboxylic acids is 1. The average molecular weight is 260 g/mol. The van der Waals surface area contributed by atoms with Gasteiger partial charge in [0, 0.05) is 24.7 Å². The third-order valence-corrected chi connectivity index (χ3v) is 2.31. The fraction of sp³-hybridized carbons (Fsp3) is 0. The monoisotopic (exact) mass is 259 g/mol. The summed E-state index contributed by atoms with van der Waals surface area (Å²) in [7, 11) is 0. The molecule has 0 unspecified atom stereocenters. The molecule has 2 heterocycles. The molecule has 0 radical (unpaired) electrons. The first-order valence-corrected chi connectivity index (χ1v) is 5.62. The predicted molar refractivity (Wildman–Crippen MR) is 71.1 cm³/mol.